The minimum absolute atomic E-state index is 0.0725. The lowest BCUT2D eigenvalue weighted by Crippen LogP contribution is -2.38. The number of nitrogens with zero attached hydrogens (tertiary/aromatic N) is 3. The predicted molar refractivity (Wildman–Crippen MR) is 98.0 cm³/mol. The number of rotatable bonds is 5. The van der Waals surface area contributed by atoms with Crippen LogP contribution in [-0.4, -0.2) is 38.4 Å². The van der Waals surface area contributed by atoms with Crippen LogP contribution in [0.5, 0.6) is 0 Å². The lowest BCUT2D eigenvalue weighted by atomic mass is 10.1. The Labute approximate surface area is 159 Å². The van der Waals surface area contributed by atoms with Gasteiger partial charge in [-0.2, -0.15) is 0 Å². The van der Waals surface area contributed by atoms with Crippen molar-refractivity contribution in [1.82, 2.24) is 14.0 Å². The van der Waals surface area contributed by atoms with Crippen LogP contribution in [0.3, 0.4) is 0 Å². The number of carbonyl (C=O) groups is 3. The molecule has 0 saturated carbocycles. The number of carbonyl (C=O) groups excluding carboxylic acids is 3. The van der Waals surface area contributed by atoms with Gasteiger partial charge in [-0.05, 0) is 18.2 Å². The van der Waals surface area contributed by atoms with Crippen molar-refractivity contribution >= 4 is 17.8 Å². The first-order valence-corrected chi connectivity index (χ1v) is 8.30. The molecule has 3 rings (SSSR count). The van der Waals surface area contributed by atoms with E-state index in [4.69, 9.17) is 4.74 Å². The number of imide groups is 1. The fourth-order valence-corrected chi connectivity index (χ4v) is 2.85. The molecule has 0 fully saturated rings. The Bertz CT molecular complexity index is 1140. The highest BCUT2D eigenvalue weighted by atomic mass is 16.5. The molecular formula is C19H17N3O6. The van der Waals surface area contributed by atoms with Crippen molar-refractivity contribution in [2.24, 2.45) is 14.1 Å². The first-order chi connectivity index (χ1) is 13.3. The molecular weight excluding hydrogens is 366 g/mol. The summed E-state index contributed by atoms with van der Waals surface area (Å²) in [6, 6.07) is 5.27. The van der Waals surface area contributed by atoms with Gasteiger partial charge in [-0.3, -0.25) is 28.4 Å². The van der Waals surface area contributed by atoms with Crippen molar-refractivity contribution < 1.29 is 19.1 Å². The van der Waals surface area contributed by atoms with Crippen LogP contribution in [0.2, 0.25) is 0 Å². The highest BCUT2D eigenvalue weighted by Crippen LogP contribution is 2.24. The highest BCUT2D eigenvalue weighted by molar-refractivity contribution is 6.22. The van der Waals surface area contributed by atoms with Crippen LogP contribution in [0.15, 0.2) is 46.5 Å². The third-order valence-electron chi connectivity index (χ3n) is 4.49. The van der Waals surface area contributed by atoms with E-state index in [1.165, 1.54) is 49.0 Å². The van der Waals surface area contributed by atoms with E-state index in [1.54, 1.807) is 0 Å². The molecule has 1 aliphatic rings. The molecule has 1 aromatic carbocycles. The lowest BCUT2D eigenvalue weighted by molar-refractivity contribution is 0.0462. The van der Waals surface area contributed by atoms with E-state index >= 15 is 0 Å². The largest absolute Gasteiger partial charge is 0.456 e. The van der Waals surface area contributed by atoms with Gasteiger partial charge in [-0.1, -0.05) is 6.08 Å². The number of hydrogen-bond acceptors (Lipinski definition) is 6. The Balaban J connectivity index is 1.82. The molecule has 9 heteroatoms. The molecule has 2 aromatic rings. The van der Waals surface area contributed by atoms with Gasteiger partial charge < -0.3 is 4.74 Å². The third kappa shape index (κ3) is 3.07. The molecule has 144 valence electrons. The van der Waals surface area contributed by atoms with Crippen LogP contribution in [0, 0.1) is 0 Å². The average Bonchev–Trinajstić information content (AvgIpc) is 2.92. The predicted octanol–water partition coefficient (Wildman–Crippen LogP) is 0.223. The number of fused-ring (bicyclic) bond motifs is 1. The standard InChI is InChI=1S/C19H17N3O6/c1-4-7-22-16(24)13-6-5-11(8-14(13)17(22)25)18(26)28-10-12-9-15(23)21(3)19(27)20(12)2/h4-6,8-9H,1,7,10H2,2-3H3. The Morgan fingerprint density at radius 2 is 1.71 bits per heavy atom. The summed E-state index contributed by atoms with van der Waals surface area (Å²) in [6.45, 7) is 3.29. The van der Waals surface area contributed by atoms with Gasteiger partial charge in [-0.15, -0.1) is 6.58 Å². The van der Waals surface area contributed by atoms with Gasteiger partial charge in [-0.25, -0.2) is 9.59 Å². The van der Waals surface area contributed by atoms with E-state index < -0.39 is 29.0 Å². The summed E-state index contributed by atoms with van der Waals surface area (Å²) in [5.74, 6) is -1.71. The Morgan fingerprint density at radius 1 is 1.04 bits per heavy atom. The second-order valence-corrected chi connectivity index (χ2v) is 6.22. The van der Waals surface area contributed by atoms with Crippen LogP contribution < -0.4 is 11.2 Å². The molecule has 0 saturated heterocycles. The molecule has 0 spiro atoms. The summed E-state index contributed by atoms with van der Waals surface area (Å²) in [5, 5.41) is 0. The SMILES string of the molecule is C=CCN1C(=O)c2ccc(C(=O)OCc3cc(=O)n(C)c(=O)n3C)cc2C1=O. The molecule has 2 heterocycles. The van der Waals surface area contributed by atoms with Crippen LogP contribution in [-0.2, 0) is 25.4 Å². The molecule has 0 radical (unpaired) electrons. The zero-order chi connectivity index (χ0) is 20.6. The minimum Gasteiger partial charge on any atom is -0.456 e. The van der Waals surface area contributed by atoms with E-state index in [1.807, 2.05) is 0 Å². The van der Waals surface area contributed by atoms with Crippen molar-refractivity contribution in [3.05, 3.63) is 80.1 Å². The van der Waals surface area contributed by atoms with Gasteiger partial charge in [0.1, 0.15) is 6.61 Å². The van der Waals surface area contributed by atoms with Gasteiger partial charge >= 0.3 is 11.7 Å². The average molecular weight is 383 g/mol. The zero-order valence-corrected chi connectivity index (χ0v) is 15.3. The Morgan fingerprint density at radius 3 is 2.39 bits per heavy atom. The molecule has 2 amide bonds. The summed E-state index contributed by atoms with van der Waals surface area (Å²) < 4.78 is 7.30. The number of aromatic nitrogens is 2. The second kappa shape index (κ2) is 7.10. The third-order valence-corrected chi connectivity index (χ3v) is 4.49. The maximum atomic E-state index is 12.3. The summed E-state index contributed by atoms with van der Waals surface area (Å²) in [5.41, 5.74) is -0.430. The van der Waals surface area contributed by atoms with Crippen molar-refractivity contribution in [3.63, 3.8) is 0 Å². The molecule has 0 bridgehead atoms. The van der Waals surface area contributed by atoms with Crippen LogP contribution >= 0.6 is 0 Å². The Kier molecular flexibility index (Phi) is 4.83. The summed E-state index contributed by atoms with van der Waals surface area (Å²) in [4.78, 5) is 61.5. The smallest absolute Gasteiger partial charge is 0.338 e. The lowest BCUT2D eigenvalue weighted by Gasteiger charge is -2.10. The van der Waals surface area contributed by atoms with Crippen molar-refractivity contribution in [2.45, 2.75) is 6.61 Å². The molecule has 0 aliphatic carbocycles. The monoisotopic (exact) mass is 383 g/mol. The number of ether oxygens (including phenoxy) is 1. The topological polar surface area (TPSA) is 108 Å². The molecule has 0 unspecified atom stereocenters. The Hall–Kier alpha value is -3.75. The van der Waals surface area contributed by atoms with Gasteiger partial charge in [0.2, 0.25) is 0 Å². The van der Waals surface area contributed by atoms with Gasteiger partial charge in [0, 0.05) is 26.7 Å². The maximum Gasteiger partial charge on any atom is 0.338 e. The minimum atomic E-state index is -0.752. The van der Waals surface area contributed by atoms with Crippen LogP contribution in [0.25, 0.3) is 0 Å². The molecule has 9 nitrogen and oxygen atoms in total. The molecule has 0 atom stereocenters. The summed E-state index contributed by atoms with van der Waals surface area (Å²) in [7, 11) is 2.80. The molecule has 28 heavy (non-hydrogen) atoms. The number of amides is 2. The van der Waals surface area contributed by atoms with E-state index in [-0.39, 0.29) is 35.5 Å². The highest BCUT2D eigenvalue weighted by Gasteiger charge is 2.35. The van der Waals surface area contributed by atoms with E-state index in [2.05, 4.69) is 6.58 Å². The zero-order valence-electron chi connectivity index (χ0n) is 15.3. The van der Waals surface area contributed by atoms with Crippen molar-refractivity contribution in [1.29, 1.82) is 0 Å². The molecule has 1 aliphatic heterocycles. The van der Waals surface area contributed by atoms with Crippen molar-refractivity contribution in [3.8, 4) is 0 Å². The number of benzene rings is 1. The fraction of sp³-hybridized carbons (Fsp3) is 0.211. The van der Waals surface area contributed by atoms with Crippen LogP contribution in [0.1, 0.15) is 36.8 Å². The normalized spacial score (nSPS) is 12.9. The quantitative estimate of drug-likeness (QED) is 0.415. The first-order valence-electron chi connectivity index (χ1n) is 8.30. The van der Waals surface area contributed by atoms with E-state index in [0.29, 0.717) is 0 Å². The molecule has 0 N–H and O–H groups in total. The molecule has 1 aromatic heterocycles. The van der Waals surface area contributed by atoms with Gasteiger partial charge in [0.05, 0.1) is 22.4 Å². The summed E-state index contributed by atoms with van der Waals surface area (Å²) >= 11 is 0. The van der Waals surface area contributed by atoms with Gasteiger partial charge in [0.15, 0.2) is 0 Å². The van der Waals surface area contributed by atoms with Gasteiger partial charge in [0.25, 0.3) is 17.4 Å². The number of hydrogen-bond donors (Lipinski definition) is 0. The second-order valence-electron chi connectivity index (χ2n) is 6.22. The van der Waals surface area contributed by atoms with E-state index in [0.717, 1.165) is 9.47 Å². The maximum absolute atomic E-state index is 12.3. The fourth-order valence-electron chi connectivity index (χ4n) is 2.85. The first kappa shape index (κ1) is 19.0. The summed E-state index contributed by atoms with van der Waals surface area (Å²) in [6.07, 6.45) is 1.44. The van der Waals surface area contributed by atoms with Crippen molar-refractivity contribution in [2.75, 3.05) is 6.54 Å². The van der Waals surface area contributed by atoms with E-state index in [9.17, 15) is 24.0 Å². The number of esters is 1. The van der Waals surface area contributed by atoms with Crippen LogP contribution in [0.4, 0.5) is 0 Å².